The molecule has 0 spiro atoms. The summed E-state index contributed by atoms with van der Waals surface area (Å²) >= 11 is 1.47. The van der Waals surface area contributed by atoms with Crippen molar-refractivity contribution in [3.05, 3.63) is 28.0 Å². The van der Waals surface area contributed by atoms with Crippen molar-refractivity contribution in [3.63, 3.8) is 0 Å². The molecule has 19 heavy (non-hydrogen) atoms. The number of rotatable bonds is 6. The average molecular weight is 301 g/mol. The minimum absolute atomic E-state index is 0.0962. The molecule has 0 radical (unpaired) electrons. The van der Waals surface area contributed by atoms with Crippen molar-refractivity contribution in [2.45, 2.75) is 24.9 Å². The molecule has 0 bridgehead atoms. The molecular weight excluding hydrogens is 286 g/mol. The van der Waals surface area contributed by atoms with Gasteiger partial charge in [0.25, 0.3) is 0 Å². The van der Waals surface area contributed by atoms with Gasteiger partial charge in [0.15, 0.2) is 0 Å². The standard InChI is InChI=1S/C10H15N5O2S2/c1-7-9(3-8(18-7)4-11-2)19(16,17)14-5-10-12-6-13-15-10/h3,6,11,14H,4-5H2,1-2H3,(H,12,13,15). The van der Waals surface area contributed by atoms with Gasteiger partial charge in [-0.25, -0.2) is 18.1 Å². The summed E-state index contributed by atoms with van der Waals surface area (Å²) in [5, 5.41) is 9.27. The molecule has 0 fully saturated rings. The maximum absolute atomic E-state index is 12.2. The molecule has 0 saturated heterocycles. The number of aromatic amines is 1. The van der Waals surface area contributed by atoms with E-state index >= 15 is 0 Å². The number of aromatic nitrogens is 3. The Morgan fingerprint density at radius 1 is 1.42 bits per heavy atom. The van der Waals surface area contributed by atoms with E-state index in [1.165, 1.54) is 17.7 Å². The molecule has 0 unspecified atom stereocenters. The summed E-state index contributed by atoms with van der Waals surface area (Å²) in [4.78, 5) is 5.95. The Labute approximate surface area is 115 Å². The Hall–Kier alpha value is -1.29. The Balaban J connectivity index is 2.14. The van der Waals surface area contributed by atoms with Crippen LogP contribution in [0.3, 0.4) is 0 Å². The van der Waals surface area contributed by atoms with Crippen LogP contribution in [0.4, 0.5) is 0 Å². The van der Waals surface area contributed by atoms with E-state index in [2.05, 4.69) is 25.2 Å². The highest BCUT2D eigenvalue weighted by Gasteiger charge is 2.19. The topological polar surface area (TPSA) is 99.8 Å². The largest absolute Gasteiger partial charge is 0.315 e. The summed E-state index contributed by atoms with van der Waals surface area (Å²) in [5.74, 6) is 0.479. The number of thiophene rings is 1. The van der Waals surface area contributed by atoms with Crippen LogP contribution in [-0.2, 0) is 23.1 Å². The number of hydrogen-bond acceptors (Lipinski definition) is 6. The Kier molecular flexibility index (Phi) is 4.30. The van der Waals surface area contributed by atoms with Gasteiger partial charge in [0.05, 0.1) is 11.4 Å². The van der Waals surface area contributed by atoms with E-state index in [1.807, 2.05) is 7.05 Å². The highest BCUT2D eigenvalue weighted by molar-refractivity contribution is 7.89. The normalized spacial score (nSPS) is 11.9. The maximum Gasteiger partial charge on any atom is 0.242 e. The van der Waals surface area contributed by atoms with Crippen LogP contribution in [0.2, 0.25) is 0 Å². The lowest BCUT2D eigenvalue weighted by molar-refractivity contribution is 0.579. The van der Waals surface area contributed by atoms with E-state index in [9.17, 15) is 8.42 Å². The van der Waals surface area contributed by atoms with E-state index in [4.69, 9.17) is 0 Å². The van der Waals surface area contributed by atoms with Gasteiger partial charge >= 0.3 is 0 Å². The molecule has 0 aliphatic carbocycles. The summed E-state index contributed by atoms with van der Waals surface area (Å²) < 4.78 is 26.9. The molecule has 0 amide bonds. The number of aryl methyl sites for hydroxylation is 1. The molecular formula is C10H15N5O2S2. The third-order valence-electron chi connectivity index (χ3n) is 2.46. The lowest BCUT2D eigenvalue weighted by Crippen LogP contribution is -2.24. The van der Waals surface area contributed by atoms with E-state index in [-0.39, 0.29) is 6.54 Å². The molecule has 2 aromatic heterocycles. The zero-order valence-corrected chi connectivity index (χ0v) is 12.2. The van der Waals surface area contributed by atoms with Gasteiger partial charge in [-0.05, 0) is 20.0 Å². The second-order valence-electron chi connectivity index (χ2n) is 3.92. The summed E-state index contributed by atoms with van der Waals surface area (Å²) in [6.07, 6.45) is 1.34. The van der Waals surface area contributed by atoms with Crippen molar-refractivity contribution in [1.29, 1.82) is 0 Å². The van der Waals surface area contributed by atoms with Crippen molar-refractivity contribution >= 4 is 21.4 Å². The van der Waals surface area contributed by atoms with Gasteiger partial charge in [-0.3, -0.25) is 5.10 Å². The minimum atomic E-state index is -3.52. The van der Waals surface area contributed by atoms with Gasteiger partial charge in [-0.2, -0.15) is 5.10 Å². The van der Waals surface area contributed by atoms with Gasteiger partial charge in [0, 0.05) is 16.3 Å². The number of hydrogen-bond donors (Lipinski definition) is 3. The third-order valence-corrected chi connectivity index (χ3v) is 5.17. The van der Waals surface area contributed by atoms with Crippen LogP contribution in [0.15, 0.2) is 17.3 Å². The predicted molar refractivity (Wildman–Crippen MR) is 72.2 cm³/mol. The second kappa shape index (κ2) is 5.78. The van der Waals surface area contributed by atoms with Crippen LogP contribution in [0, 0.1) is 6.92 Å². The highest BCUT2D eigenvalue weighted by atomic mass is 32.2. The minimum Gasteiger partial charge on any atom is -0.315 e. The summed E-state index contributed by atoms with van der Waals surface area (Å²) in [5.41, 5.74) is 0. The molecule has 3 N–H and O–H groups in total. The Morgan fingerprint density at radius 2 is 2.21 bits per heavy atom. The molecule has 2 heterocycles. The predicted octanol–water partition coefficient (Wildman–Crippen LogP) is 0.373. The Bertz CT molecular complexity index is 633. The van der Waals surface area contributed by atoms with E-state index in [0.717, 1.165) is 9.75 Å². The van der Waals surface area contributed by atoms with Gasteiger partial charge in [-0.1, -0.05) is 0 Å². The quantitative estimate of drug-likeness (QED) is 0.716. The van der Waals surface area contributed by atoms with Gasteiger partial charge in [0.2, 0.25) is 10.0 Å². The van der Waals surface area contributed by atoms with Crippen molar-refractivity contribution in [3.8, 4) is 0 Å². The molecule has 104 valence electrons. The first-order valence-electron chi connectivity index (χ1n) is 5.61. The van der Waals surface area contributed by atoms with Crippen molar-refractivity contribution in [2.24, 2.45) is 0 Å². The van der Waals surface area contributed by atoms with E-state index in [0.29, 0.717) is 17.3 Å². The Morgan fingerprint density at radius 3 is 2.84 bits per heavy atom. The summed E-state index contributed by atoms with van der Waals surface area (Å²) in [7, 11) is -1.69. The van der Waals surface area contributed by atoms with Crippen LogP contribution >= 0.6 is 11.3 Å². The fourth-order valence-corrected chi connectivity index (χ4v) is 4.24. The number of H-pyrrole nitrogens is 1. The number of nitrogens with zero attached hydrogens (tertiary/aromatic N) is 2. The summed E-state index contributed by atoms with van der Waals surface area (Å²) in [6, 6.07) is 1.69. The fourth-order valence-electron chi connectivity index (χ4n) is 1.61. The number of nitrogens with one attached hydrogen (secondary N) is 3. The monoisotopic (exact) mass is 301 g/mol. The molecule has 0 atom stereocenters. The van der Waals surface area contributed by atoms with Crippen LogP contribution < -0.4 is 10.0 Å². The van der Waals surface area contributed by atoms with E-state index < -0.39 is 10.0 Å². The fraction of sp³-hybridized carbons (Fsp3) is 0.400. The zero-order valence-electron chi connectivity index (χ0n) is 10.6. The second-order valence-corrected chi connectivity index (χ2v) is 7.00. The molecule has 0 saturated carbocycles. The van der Waals surface area contributed by atoms with Crippen LogP contribution in [0.1, 0.15) is 15.6 Å². The first-order chi connectivity index (χ1) is 9.03. The first kappa shape index (κ1) is 14.1. The molecule has 0 aromatic carbocycles. The average Bonchev–Trinajstić information content (AvgIpc) is 2.97. The first-order valence-corrected chi connectivity index (χ1v) is 7.90. The molecule has 0 aliphatic heterocycles. The maximum atomic E-state index is 12.2. The SMILES string of the molecule is CNCc1cc(S(=O)(=O)NCc2ncn[nH]2)c(C)s1. The van der Waals surface area contributed by atoms with Crippen molar-refractivity contribution < 1.29 is 8.42 Å². The van der Waals surface area contributed by atoms with E-state index in [1.54, 1.807) is 13.0 Å². The van der Waals surface area contributed by atoms with Crippen molar-refractivity contribution in [2.75, 3.05) is 7.05 Å². The smallest absolute Gasteiger partial charge is 0.242 e. The molecule has 2 rings (SSSR count). The highest BCUT2D eigenvalue weighted by Crippen LogP contribution is 2.25. The molecule has 0 aliphatic rings. The lowest BCUT2D eigenvalue weighted by atomic mass is 10.4. The summed E-state index contributed by atoms with van der Waals surface area (Å²) in [6.45, 7) is 2.55. The zero-order chi connectivity index (χ0) is 13.9. The molecule has 7 nitrogen and oxygen atoms in total. The van der Waals surface area contributed by atoms with Crippen LogP contribution in [0.25, 0.3) is 0 Å². The van der Waals surface area contributed by atoms with Crippen LogP contribution in [0.5, 0.6) is 0 Å². The third kappa shape index (κ3) is 3.38. The van der Waals surface area contributed by atoms with Gasteiger partial charge in [-0.15, -0.1) is 11.3 Å². The lowest BCUT2D eigenvalue weighted by Gasteiger charge is -2.03. The van der Waals surface area contributed by atoms with Gasteiger partial charge < -0.3 is 5.32 Å². The van der Waals surface area contributed by atoms with Gasteiger partial charge in [0.1, 0.15) is 12.2 Å². The number of sulfonamides is 1. The van der Waals surface area contributed by atoms with Crippen LogP contribution in [-0.4, -0.2) is 30.6 Å². The molecule has 2 aromatic rings. The molecule has 9 heteroatoms. The van der Waals surface area contributed by atoms with Crippen molar-refractivity contribution in [1.82, 2.24) is 25.2 Å².